The predicted octanol–water partition coefficient (Wildman–Crippen LogP) is 3.56. The second kappa shape index (κ2) is 8.94. The third-order valence-corrected chi connectivity index (χ3v) is 5.88. The number of aromatic nitrogens is 2. The lowest BCUT2D eigenvalue weighted by Crippen LogP contribution is -2.53. The van der Waals surface area contributed by atoms with Crippen molar-refractivity contribution in [1.82, 2.24) is 20.2 Å². The molecule has 0 fully saturated rings. The Morgan fingerprint density at radius 2 is 2.24 bits per heavy atom. The largest absolute Gasteiger partial charge is 0.467 e. The summed E-state index contributed by atoms with van der Waals surface area (Å²) >= 11 is 3.26. The van der Waals surface area contributed by atoms with Gasteiger partial charge in [-0.05, 0) is 18.1 Å². The lowest BCUT2D eigenvalue weighted by Gasteiger charge is -2.36. The van der Waals surface area contributed by atoms with Crippen molar-refractivity contribution in [2.75, 3.05) is 13.7 Å². The second-order valence-corrected chi connectivity index (χ2v) is 8.03. The summed E-state index contributed by atoms with van der Waals surface area (Å²) in [5.74, 6) is -1.05. The maximum absolute atomic E-state index is 14.8. The summed E-state index contributed by atoms with van der Waals surface area (Å²) in [6, 6.07) is 2.79. The number of urea groups is 1. The monoisotopic (exact) mass is 466 g/mol. The molecule has 0 saturated carbocycles. The highest BCUT2D eigenvalue weighted by Crippen LogP contribution is 2.35. The van der Waals surface area contributed by atoms with Crippen molar-refractivity contribution >= 4 is 27.9 Å². The van der Waals surface area contributed by atoms with Crippen LogP contribution in [0.1, 0.15) is 43.3 Å². The topological polar surface area (TPSA) is 87.3 Å². The molecule has 1 aromatic heterocycles. The fourth-order valence-corrected chi connectivity index (χ4v) is 3.88. The number of rotatable bonds is 5. The molecule has 1 aliphatic heterocycles. The molecule has 0 aliphatic carbocycles. The van der Waals surface area contributed by atoms with Crippen molar-refractivity contribution in [1.29, 1.82) is 0 Å². The van der Waals surface area contributed by atoms with E-state index in [-0.39, 0.29) is 5.92 Å². The van der Waals surface area contributed by atoms with Gasteiger partial charge in [0.25, 0.3) is 0 Å². The zero-order valence-corrected chi connectivity index (χ0v) is 18.1. The zero-order valence-electron chi connectivity index (χ0n) is 16.5. The van der Waals surface area contributed by atoms with Crippen LogP contribution in [-0.2, 0) is 16.0 Å². The van der Waals surface area contributed by atoms with Crippen molar-refractivity contribution in [2.45, 2.75) is 38.8 Å². The van der Waals surface area contributed by atoms with Gasteiger partial charge in [-0.1, -0.05) is 42.3 Å². The van der Waals surface area contributed by atoms with Crippen molar-refractivity contribution in [2.24, 2.45) is 5.92 Å². The minimum Gasteiger partial charge on any atom is -0.467 e. The Balaban J connectivity index is 1.96. The van der Waals surface area contributed by atoms with Crippen LogP contribution in [0.2, 0.25) is 0 Å². The lowest BCUT2D eigenvalue weighted by atomic mass is 9.95. The number of ether oxygens (including phenoxy) is 1. The highest BCUT2D eigenvalue weighted by atomic mass is 79.9. The van der Waals surface area contributed by atoms with Crippen LogP contribution in [0.15, 0.2) is 29.0 Å². The number of fused-ring (bicyclic) bond motifs is 1. The fraction of sp³-hybridized carbons (Fsp3) is 0.450. The standard InChI is InChI=1S/C20H24BrFN4O3/c1-4-11(2)16(19(27)29-3)25-20(28)26-8-7-15-17(24-10-23-15)18(26)13-6-5-12(21)9-14(13)22/h5-6,9-11,16,18H,4,7-8H2,1-3H3,(H,23,24)(H,25,28)/t11-,16+,18-/m1/s1. The quantitative estimate of drug-likeness (QED) is 0.659. The van der Waals surface area contributed by atoms with Gasteiger partial charge < -0.3 is 19.9 Å². The molecule has 156 valence electrons. The molecule has 0 radical (unpaired) electrons. The second-order valence-electron chi connectivity index (χ2n) is 7.11. The molecule has 0 saturated heterocycles. The Morgan fingerprint density at radius 1 is 1.48 bits per heavy atom. The van der Waals surface area contributed by atoms with E-state index in [1.165, 1.54) is 18.1 Å². The van der Waals surface area contributed by atoms with E-state index in [0.717, 1.165) is 5.69 Å². The van der Waals surface area contributed by atoms with E-state index >= 15 is 0 Å². The van der Waals surface area contributed by atoms with Gasteiger partial charge in [-0.2, -0.15) is 0 Å². The number of methoxy groups -OCH3 is 1. The molecule has 3 rings (SSSR count). The number of hydrogen-bond acceptors (Lipinski definition) is 4. The van der Waals surface area contributed by atoms with Crippen LogP contribution in [0.3, 0.4) is 0 Å². The molecule has 0 spiro atoms. The number of halogens is 2. The molecule has 3 atom stereocenters. The summed E-state index contributed by atoms with van der Waals surface area (Å²) in [5.41, 5.74) is 1.81. The molecule has 0 bridgehead atoms. The molecular formula is C20H24BrFN4O3. The van der Waals surface area contributed by atoms with Gasteiger partial charge in [-0.25, -0.2) is 19.0 Å². The van der Waals surface area contributed by atoms with Gasteiger partial charge in [-0.3, -0.25) is 0 Å². The molecule has 2 amide bonds. The summed E-state index contributed by atoms with van der Waals surface area (Å²) in [6.45, 7) is 4.16. The molecule has 7 nitrogen and oxygen atoms in total. The van der Waals surface area contributed by atoms with Gasteiger partial charge in [0.15, 0.2) is 0 Å². The number of hydrogen-bond donors (Lipinski definition) is 2. The van der Waals surface area contributed by atoms with Crippen LogP contribution in [0.4, 0.5) is 9.18 Å². The minimum absolute atomic E-state index is 0.111. The van der Waals surface area contributed by atoms with Gasteiger partial charge in [0, 0.05) is 28.7 Å². The fourth-order valence-electron chi connectivity index (χ4n) is 3.55. The molecular weight excluding hydrogens is 443 g/mol. The third kappa shape index (κ3) is 4.29. The van der Waals surface area contributed by atoms with Crippen LogP contribution in [0.5, 0.6) is 0 Å². The van der Waals surface area contributed by atoms with E-state index in [4.69, 9.17) is 4.74 Å². The maximum atomic E-state index is 14.8. The Kier molecular flexibility index (Phi) is 6.56. The Hall–Kier alpha value is -2.42. The van der Waals surface area contributed by atoms with Crippen molar-refractivity contribution < 1.29 is 18.7 Å². The highest BCUT2D eigenvalue weighted by Gasteiger charge is 2.37. The number of nitrogens with zero attached hydrogens (tertiary/aromatic N) is 2. The average molecular weight is 467 g/mol. The summed E-state index contributed by atoms with van der Waals surface area (Å²) in [4.78, 5) is 34.3. The van der Waals surface area contributed by atoms with Crippen molar-refractivity contribution in [3.8, 4) is 0 Å². The van der Waals surface area contributed by atoms with E-state index in [2.05, 4.69) is 31.2 Å². The van der Waals surface area contributed by atoms with E-state index in [1.807, 2.05) is 13.8 Å². The Morgan fingerprint density at radius 3 is 2.90 bits per heavy atom. The number of nitrogens with one attached hydrogen (secondary N) is 2. The van der Waals surface area contributed by atoms with Crippen molar-refractivity contribution in [3.05, 3.63) is 51.8 Å². The number of aromatic amines is 1. The highest BCUT2D eigenvalue weighted by molar-refractivity contribution is 9.10. The third-order valence-electron chi connectivity index (χ3n) is 5.39. The molecule has 9 heteroatoms. The summed E-state index contributed by atoms with van der Waals surface area (Å²) in [5, 5.41) is 2.78. The average Bonchev–Trinajstić information content (AvgIpc) is 3.19. The van der Waals surface area contributed by atoms with Crippen LogP contribution in [0.25, 0.3) is 0 Å². The van der Waals surface area contributed by atoms with Gasteiger partial charge in [-0.15, -0.1) is 0 Å². The zero-order chi connectivity index (χ0) is 21.1. The lowest BCUT2D eigenvalue weighted by molar-refractivity contribution is -0.144. The van der Waals surface area contributed by atoms with Gasteiger partial charge in [0.1, 0.15) is 17.9 Å². The van der Waals surface area contributed by atoms with Crippen LogP contribution >= 0.6 is 15.9 Å². The number of benzene rings is 1. The molecule has 1 aliphatic rings. The first-order valence-electron chi connectivity index (χ1n) is 9.49. The van der Waals surface area contributed by atoms with E-state index < -0.39 is 29.9 Å². The number of esters is 1. The number of carbonyl (C=O) groups is 2. The summed E-state index contributed by atoms with van der Waals surface area (Å²) in [6.07, 6.45) is 2.80. The first-order valence-corrected chi connectivity index (χ1v) is 10.3. The normalized spacial score (nSPS) is 18.0. The van der Waals surface area contributed by atoms with Crippen LogP contribution in [0, 0.1) is 11.7 Å². The molecule has 2 N–H and O–H groups in total. The first-order chi connectivity index (χ1) is 13.9. The number of amides is 2. The number of H-pyrrole nitrogens is 1. The Labute approximate surface area is 177 Å². The molecule has 2 heterocycles. The first kappa shape index (κ1) is 21.3. The summed E-state index contributed by atoms with van der Waals surface area (Å²) in [7, 11) is 1.29. The van der Waals surface area contributed by atoms with E-state index in [0.29, 0.717) is 35.1 Å². The van der Waals surface area contributed by atoms with E-state index in [1.54, 1.807) is 18.5 Å². The van der Waals surface area contributed by atoms with Gasteiger partial charge in [0.2, 0.25) is 0 Å². The minimum atomic E-state index is -0.784. The molecule has 2 aromatic rings. The van der Waals surface area contributed by atoms with Gasteiger partial charge >= 0.3 is 12.0 Å². The number of imidazole rings is 1. The Bertz CT molecular complexity index is 904. The molecule has 29 heavy (non-hydrogen) atoms. The van der Waals surface area contributed by atoms with Crippen molar-refractivity contribution in [3.63, 3.8) is 0 Å². The predicted molar refractivity (Wildman–Crippen MR) is 109 cm³/mol. The van der Waals surface area contributed by atoms with Gasteiger partial charge in [0.05, 0.1) is 19.1 Å². The van der Waals surface area contributed by atoms with Crippen LogP contribution in [-0.4, -0.2) is 46.6 Å². The smallest absolute Gasteiger partial charge is 0.328 e. The molecule has 1 aromatic carbocycles. The molecule has 0 unspecified atom stereocenters. The van der Waals surface area contributed by atoms with Crippen LogP contribution < -0.4 is 5.32 Å². The number of carbonyl (C=O) groups excluding carboxylic acids is 2. The SMILES string of the molecule is CC[C@@H](C)[C@H](NC(=O)N1CCc2[nH]cnc2[C@H]1c1ccc(Br)cc1F)C(=O)OC. The summed E-state index contributed by atoms with van der Waals surface area (Å²) < 4.78 is 20.3. The van der Waals surface area contributed by atoms with E-state index in [9.17, 15) is 14.0 Å². The maximum Gasteiger partial charge on any atom is 0.328 e.